The Morgan fingerprint density at radius 1 is 1.38 bits per heavy atom. The summed E-state index contributed by atoms with van der Waals surface area (Å²) >= 11 is 0. The molecule has 0 aromatic heterocycles. The van der Waals surface area contributed by atoms with Crippen molar-refractivity contribution in [1.82, 2.24) is 5.32 Å². The molecule has 1 saturated heterocycles. The van der Waals surface area contributed by atoms with Crippen molar-refractivity contribution < 1.29 is 9.90 Å². The zero-order valence-electron chi connectivity index (χ0n) is 9.14. The summed E-state index contributed by atoms with van der Waals surface area (Å²) in [5.74, 6) is -0.872. The maximum atomic E-state index is 11.1. The van der Waals surface area contributed by atoms with Crippen LogP contribution in [-0.4, -0.2) is 24.2 Å². The number of carbonyl (C=O) groups is 1. The van der Waals surface area contributed by atoms with E-state index in [9.17, 15) is 4.79 Å². The van der Waals surface area contributed by atoms with E-state index in [2.05, 4.69) is 5.32 Å². The Balaban J connectivity index is 0.00000128. The summed E-state index contributed by atoms with van der Waals surface area (Å²) in [6.07, 6.45) is 0. The third kappa shape index (κ3) is 2.36. The van der Waals surface area contributed by atoms with Crippen LogP contribution in [0.25, 0.3) is 0 Å². The number of hydrogen-bond acceptors (Lipinski definition) is 2. The van der Waals surface area contributed by atoms with Crippen molar-refractivity contribution in [3.05, 3.63) is 35.4 Å². The number of carboxylic acids is 1. The summed E-state index contributed by atoms with van der Waals surface area (Å²) in [6.45, 7) is 3.38. The molecule has 1 aliphatic rings. The number of rotatable bonds is 2. The van der Waals surface area contributed by atoms with E-state index in [1.165, 1.54) is 5.56 Å². The molecule has 0 saturated carbocycles. The number of aryl methyl sites for hydroxylation is 1. The molecule has 0 spiro atoms. The monoisotopic (exact) mass is 241 g/mol. The van der Waals surface area contributed by atoms with Gasteiger partial charge in [0.25, 0.3) is 0 Å². The zero-order valence-corrected chi connectivity index (χ0v) is 9.96. The topological polar surface area (TPSA) is 49.3 Å². The Labute approximate surface area is 101 Å². The van der Waals surface area contributed by atoms with E-state index in [1.54, 1.807) is 0 Å². The van der Waals surface area contributed by atoms with Crippen LogP contribution in [0.2, 0.25) is 0 Å². The molecular formula is C12H16ClNO2. The Hall–Kier alpha value is -1.06. The zero-order chi connectivity index (χ0) is 10.8. The van der Waals surface area contributed by atoms with Crippen molar-refractivity contribution in [3.8, 4) is 0 Å². The third-order valence-corrected chi connectivity index (χ3v) is 3.12. The highest BCUT2D eigenvalue weighted by Gasteiger charge is 2.34. The van der Waals surface area contributed by atoms with Crippen LogP contribution in [0.15, 0.2) is 24.3 Å². The first-order valence-electron chi connectivity index (χ1n) is 5.19. The van der Waals surface area contributed by atoms with Gasteiger partial charge in [-0.05, 0) is 18.1 Å². The minimum Gasteiger partial charge on any atom is -0.481 e. The molecule has 1 aromatic rings. The van der Waals surface area contributed by atoms with Gasteiger partial charge in [0.15, 0.2) is 0 Å². The molecule has 1 aromatic carbocycles. The Morgan fingerprint density at radius 2 is 2.06 bits per heavy atom. The van der Waals surface area contributed by atoms with Crippen molar-refractivity contribution in [2.24, 2.45) is 5.92 Å². The second-order valence-electron chi connectivity index (χ2n) is 4.07. The quantitative estimate of drug-likeness (QED) is 0.830. The molecule has 4 heteroatoms. The van der Waals surface area contributed by atoms with E-state index in [1.807, 2.05) is 31.2 Å². The van der Waals surface area contributed by atoms with Gasteiger partial charge in [-0.1, -0.05) is 24.3 Å². The third-order valence-electron chi connectivity index (χ3n) is 3.12. The SMILES string of the molecule is Cc1ccccc1[C@H]1CNC[C@H]1C(=O)O.Cl. The first-order valence-corrected chi connectivity index (χ1v) is 5.19. The minimum atomic E-state index is -0.701. The second kappa shape index (κ2) is 5.32. The molecule has 2 rings (SSSR count). The molecule has 0 unspecified atom stereocenters. The molecule has 2 N–H and O–H groups in total. The maximum Gasteiger partial charge on any atom is 0.308 e. The average molecular weight is 242 g/mol. The van der Waals surface area contributed by atoms with Gasteiger partial charge in [0.05, 0.1) is 5.92 Å². The lowest BCUT2D eigenvalue weighted by atomic mass is 9.86. The van der Waals surface area contributed by atoms with Crippen molar-refractivity contribution in [2.75, 3.05) is 13.1 Å². The summed E-state index contributed by atoms with van der Waals surface area (Å²) in [5.41, 5.74) is 2.34. The number of benzene rings is 1. The number of aliphatic carboxylic acids is 1. The molecule has 1 aliphatic heterocycles. The summed E-state index contributed by atoms with van der Waals surface area (Å²) in [5, 5.41) is 12.2. The lowest BCUT2D eigenvalue weighted by Crippen LogP contribution is -2.21. The molecule has 1 fully saturated rings. The average Bonchev–Trinajstić information content (AvgIpc) is 2.67. The second-order valence-corrected chi connectivity index (χ2v) is 4.07. The standard InChI is InChI=1S/C12H15NO2.ClH/c1-8-4-2-3-5-9(8)10-6-13-7-11(10)12(14)15;/h2-5,10-11,13H,6-7H2,1H3,(H,14,15);1H/t10-,11-;/m1./s1. The Bertz CT molecular complexity index is 381. The first-order chi connectivity index (χ1) is 7.20. The number of hydrogen-bond donors (Lipinski definition) is 2. The van der Waals surface area contributed by atoms with Gasteiger partial charge in [0.2, 0.25) is 0 Å². The summed E-state index contributed by atoms with van der Waals surface area (Å²) in [6, 6.07) is 8.02. The molecule has 0 bridgehead atoms. The van der Waals surface area contributed by atoms with Crippen molar-refractivity contribution >= 4 is 18.4 Å². The van der Waals surface area contributed by atoms with Gasteiger partial charge in [-0.2, -0.15) is 0 Å². The fourth-order valence-electron chi connectivity index (χ4n) is 2.27. The van der Waals surface area contributed by atoms with E-state index in [0.29, 0.717) is 6.54 Å². The molecule has 0 amide bonds. The summed E-state index contributed by atoms with van der Waals surface area (Å²) in [4.78, 5) is 11.1. The van der Waals surface area contributed by atoms with Crippen LogP contribution in [0.5, 0.6) is 0 Å². The van der Waals surface area contributed by atoms with Crippen molar-refractivity contribution in [2.45, 2.75) is 12.8 Å². The Morgan fingerprint density at radius 3 is 2.69 bits per heavy atom. The fraction of sp³-hybridized carbons (Fsp3) is 0.417. The fourth-order valence-corrected chi connectivity index (χ4v) is 2.27. The summed E-state index contributed by atoms with van der Waals surface area (Å²) < 4.78 is 0. The number of nitrogens with one attached hydrogen (secondary N) is 1. The van der Waals surface area contributed by atoms with E-state index in [0.717, 1.165) is 12.1 Å². The van der Waals surface area contributed by atoms with Crippen LogP contribution in [0.1, 0.15) is 17.0 Å². The molecule has 16 heavy (non-hydrogen) atoms. The normalized spacial score (nSPS) is 23.8. The van der Waals surface area contributed by atoms with Gasteiger partial charge < -0.3 is 10.4 Å². The first kappa shape index (κ1) is 13.0. The molecule has 0 radical (unpaired) electrons. The largest absolute Gasteiger partial charge is 0.481 e. The molecule has 1 heterocycles. The van der Waals surface area contributed by atoms with Gasteiger partial charge in [-0.3, -0.25) is 4.79 Å². The van der Waals surface area contributed by atoms with Gasteiger partial charge in [-0.15, -0.1) is 12.4 Å². The van der Waals surface area contributed by atoms with Crippen LogP contribution in [0.3, 0.4) is 0 Å². The molecule has 88 valence electrons. The van der Waals surface area contributed by atoms with Gasteiger partial charge in [0.1, 0.15) is 0 Å². The highest BCUT2D eigenvalue weighted by atomic mass is 35.5. The van der Waals surface area contributed by atoms with Crippen LogP contribution >= 0.6 is 12.4 Å². The highest BCUT2D eigenvalue weighted by Crippen LogP contribution is 2.30. The van der Waals surface area contributed by atoms with Crippen LogP contribution in [0, 0.1) is 12.8 Å². The van der Waals surface area contributed by atoms with E-state index in [4.69, 9.17) is 5.11 Å². The van der Waals surface area contributed by atoms with Crippen LogP contribution in [0.4, 0.5) is 0 Å². The predicted molar refractivity (Wildman–Crippen MR) is 65.2 cm³/mol. The Kier molecular flexibility index (Phi) is 4.33. The summed E-state index contributed by atoms with van der Waals surface area (Å²) in [7, 11) is 0. The highest BCUT2D eigenvalue weighted by molar-refractivity contribution is 5.85. The molecule has 3 nitrogen and oxygen atoms in total. The van der Waals surface area contributed by atoms with E-state index >= 15 is 0 Å². The molecule has 0 aliphatic carbocycles. The smallest absolute Gasteiger partial charge is 0.308 e. The van der Waals surface area contributed by atoms with Gasteiger partial charge in [0, 0.05) is 19.0 Å². The molecule has 2 atom stereocenters. The van der Waals surface area contributed by atoms with Crippen molar-refractivity contribution in [3.63, 3.8) is 0 Å². The van der Waals surface area contributed by atoms with Gasteiger partial charge in [-0.25, -0.2) is 0 Å². The lowest BCUT2D eigenvalue weighted by molar-refractivity contribution is -0.141. The van der Waals surface area contributed by atoms with Crippen LogP contribution < -0.4 is 5.32 Å². The van der Waals surface area contributed by atoms with Gasteiger partial charge >= 0.3 is 5.97 Å². The number of carboxylic acid groups (broad SMARTS) is 1. The predicted octanol–water partition coefficient (Wildman–Crippen LogP) is 1.80. The van der Waals surface area contributed by atoms with Crippen molar-refractivity contribution in [1.29, 1.82) is 0 Å². The minimum absolute atomic E-state index is 0. The molecular weight excluding hydrogens is 226 g/mol. The maximum absolute atomic E-state index is 11.1. The number of halogens is 1. The van der Waals surface area contributed by atoms with E-state index < -0.39 is 5.97 Å². The van der Waals surface area contributed by atoms with E-state index in [-0.39, 0.29) is 24.2 Å². The lowest BCUT2D eigenvalue weighted by Gasteiger charge is -2.17. The van der Waals surface area contributed by atoms with Crippen LogP contribution in [-0.2, 0) is 4.79 Å².